The molecule has 0 saturated carbocycles. The minimum Gasteiger partial charge on any atom is -0.478 e. The Labute approximate surface area is 107 Å². The van der Waals surface area contributed by atoms with Gasteiger partial charge in [0.25, 0.3) is 0 Å². The smallest absolute Gasteiger partial charge is 0.336 e. The second-order valence-corrected chi connectivity index (χ2v) is 4.91. The molecule has 0 unspecified atom stereocenters. The molecule has 2 rings (SSSR count). The molecule has 0 bridgehead atoms. The monoisotopic (exact) mass is 249 g/mol. The van der Waals surface area contributed by atoms with E-state index >= 15 is 0 Å². The van der Waals surface area contributed by atoms with Crippen LogP contribution in [-0.4, -0.2) is 41.3 Å². The van der Waals surface area contributed by atoms with Crippen LogP contribution >= 0.6 is 0 Å². The summed E-state index contributed by atoms with van der Waals surface area (Å²) in [5, 5.41) is 9.16. The molecule has 0 amide bonds. The molecule has 1 aliphatic heterocycles. The molecule has 98 valence electrons. The number of nitrogens with zero attached hydrogens (tertiary/aromatic N) is 1. The highest BCUT2D eigenvalue weighted by Crippen LogP contribution is 2.16. The first-order chi connectivity index (χ1) is 8.56. The Bertz CT molecular complexity index is 423. The van der Waals surface area contributed by atoms with E-state index in [2.05, 4.69) is 4.90 Å². The molecule has 1 heterocycles. The van der Waals surface area contributed by atoms with Gasteiger partial charge in [-0.05, 0) is 25.5 Å². The van der Waals surface area contributed by atoms with Gasteiger partial charge in [-0.2, -0.15) is 0 Å². The van der Waals surface area contributed by atoms with Gasteiger partial charge in [-0.15, -0.1) is 0 Å². The highest BCUT2D eigenvalue weighted by Gasteiger charge is 2.23. The molecule has 0 radical (unpaired) electrons. The van der Waals surface area contributed by atoms with Gasteiger partial charge < -0.3 is 9.84 Å². The fourth-order valence-electron chi connectivity index (χ4n) is 2.52. The number of morpholine rings is 1. The normalized spacial score (nSPS) is 25.0. The molecule has 0 spiro atoms. The third kappa shape index (κ3) is 3.09. The molecule has 1 N–H and O–H groups in total. The van der Waals surface area contributed by atoms with Crippen molar-refractivity contribution >= 4 is 5.97 Å². The standard InChI is InChI=1S/C14H19NO3/c1-10-7-15(8-11(2)18-10)9-12-5-3-4-6-13(12)14(16)17/h3-6,10-11H,7-9H2,1-2H3,(H,16,17)/t10-,11+. The van der Waals surface area contributed by atoms with Crippen LogP contribution in [0, 0.1) is 0 Å². The molecule has 4 heteroatoms. The van der Waals surface area contributed by atoms with Gasteiger partial charge in [0.1, 0.15) is 0 Å². The Morgan fingerprint density at radius 2 is 1.94 bits per heavy atom. The van der Waals surface area contributed by atoms with Crippen molar-refractivity contribution in [3.05, 3.63) is 35.4 Å². The van der Waals surface area contributed by atoms with Crippen molar-refractivity contribution in [1.29, 1.82) is 0 Å². The summed E-state index contributed by atoms with van der Waals surface area (Å²) >= 11 is 0. The van der Waals surface area contributed by atoms with Gasteiger partial charge in [0, 0.05) is 19.6 Å². The first kappa shape index (κ1) is 13.1. The number of aromatic carboxylic acids is 1. The predicted octanol–water partition coefficient (Wildman–Crippen LogP) is 1.99. The summed E-state index contributed by atoms with van der Waals surface area (Å²) in [6, 6.07) is 7.19. The van der Waals surface area contributed by atoms with Gasteiger partial charge in [0.05, 0.1) is 17.8 Å². The van der Waals surface area contributed by atoms with Crippen molar-refractivity contribution in [1.82, 2.24) is 4.90 Å². The van der Waals surface area contributed by atoms with Gasteiger partial charge >= 0.3 is 5.97 Å². The second kappa shape index (κ2) is 5.50. The van der Waals surface area contributed by atoms with E-state index in [4.69, 9.17) is 9.84 Å². The van der Waals surface area contributed by atoms with Crippen molar-refractivity contribution in [2.45, 2.75) is 32.6 Å². The number of hydrogen-bond donors (Lipinski definition) is 1. The zero-order chi connectivity index (χ0) is 13.1. The molecule has 1 aromatic rings. The molecule has 2 atom stereocenters. The maximum atomic E-state index is 11.1. The summed E-state index contributed by atoms with van der Waals surface area (Å²) in [5.41, 5.74) is 1.26. The SMILES string of the molecule is C[C@@H]1CN(Cc2ccccc2C(=O)O)C[C@H](C)O1. The van der Waals surface area contributed by atoms with Crippen molar-refractivity contribution in [3.63, 3.8) is 0 Å². The van der Waals surface area contributed by atoms with E-state index in [1.807, 2.05) is 26.0 Å². The average molecular weight is 249 g/mol. The zero-order valence-corrected chi connectivity index (χ0v) is 10.8. The number of rotatable bonds is 3. The summed E-state index contributed by atoms with van der Waals surface area (Å²) in [6.07, 6.45) is 0.400. The van der Waals surface area contributed by atoms with Gasteiger partial charge in [-0.3, -0.25) is 4.90 Å². The van der Waals surface area contributed by atoms with Gasteiger partial charge in [-0.25, -0.2) is 4.79 Å². The van der Waals surface area contributed by atoms with Crippen molar-refractivity contribution < 1.29 is 14.6 Å². The molecule has 1 aromatic carbocycles. The number of carbonyl (C=O) groups is 1. The summed E-state index contributed by atoms with van der Waals surface area (Å²) < 4.78 is 5.67. The van der Waals surface area contributed by atoms with Crippen LogP contribution < -0.4 is 0 Å². The average Bonchev–Trinajstić information content (AvgIpc) is 2.27. The largest absolute Gasteiger partial charge is 0.478 e. The fraction of sp³-hybridized carbons (Fsp3) is 0.500. The van der Waals surface area contributed by atoms with Crippen LogP contribution in [0.4, 0.5) is 0 Å². The maximum Gasteiger partial charge on any atom is 0.336 e. The Morgan fingerprint density at radius 1 is 1.33 bits per heavy atom. The van der Waals surface area contributed by atoms with Gasteiger partial charge in [-0.1, -0.05) is 18.2 Å². The van der Waals surface area contributed by atoms with E-state index in [1.54, 1.807) is 12.1 Å². The summed E-state index contributed by atoms with van der Waals surface area (Å²) in [4.78, 5) is 13.4. The van der Waals surface area contributed by atoms with Crippen LogP contribution in [0.15, 0.2) is 24.3 Å². The maximum absolute atomic E-state index is 11.1. The third-order valence-electron chi connectivity index (χ3n) is 3.14. The van der Waals surface area contributed by atoms with E-state index < -0.39 is 5.97 Å². The van der Waals surface area contributed by atoms with Gasteiger partial charge in [0.2, 0.25) is 0 Å². The van der Waals surface area contributed by atoms with E-state index in [0.717, 1.165) is 18.7 Å². The Hall–Kier alpha value is -1.39. The fourth-order valence-corrected chi connectivity index (χ4v) is 2.52. The minimum absolute atomic E-state index is 0.200. The quantitative estimate of drug-likeness (QED) is 0.890. The lowest BCUT2D eigenvalue weighted by molar-refractivity contribution is -0.0705. The Balaban J connectivity index is 2.11. The molecule has 1 fully saturated rings. The lowest BCUT2D eigenvalue weighted by Gasteiger charge is -2.35. The van der Waals surface area contributed by atoms with Crippen LogP contribution in [0.25, 0.3) is 0 Å². The van der Waals surface area contributed by atoms with Crippen molar-refractivity contribution in [3.8, 4) is 0 Å². The summed E-state index contributed by atoms with van der Waals surface area (Å²) in [7, 11) is 0. The number of hydrogen-bond acceptors (Lipinski definition) is 3. The van der Waals surface area contributed by atoms with Crippen LogP contribution in [0.1, 0.15) is 29.8 Å². The highest BCUT2D eigenvalue weighted by molar-refractivity contribution is 5.89. The molecular formula is C14H19NO3. The molecule has 0 aliphatic carbocycles. The summed E-state index contributed by atoms with van der Waals surface area (Å²) in [6.45, 7) is 6.45. The summed E-state index contributed by atoms with van der Waals surface area (Å²) in [5.74, 6) is -0.861. The molecule has 0 aromatic heterocycles. The third-order valence-corrected chi connectivity index (χ3v) is 3.14. The number of benzene rings is 1. The van der Waals surface area contributed by atoms with Crippen LogP contribution in [-0.2, 0) is 11.3 Å². The van der Waals surface area contributed by atoms with E-state index in [0.29, 0.717) is 12.1 Å². The molecule has 1 saturated heterocycles. The molecule has 1 aliphatic rings. The first-order valence-corrected chi connectivity index (χ1v) is 6.25. The topological polar surface area (TPSA) is 49.8 Å². The van der Waals surface area contributed by atoms with E-state index in [9.17, 15) is 4.79 Å². The zero-order valence-electron chi connectivity index (χ0n) is 10.8. The number of ether oxygens (including phenoxy) is 1. The van der Waals surface area contributed by atoms with Crippen LogP contribution in [0.5, 0.6) is 0 Å². The predicted molar refractivity (Wildman–Crippen MR) is 68.7 cm³/mol. The molecular weight excluding hydrogens is 230 g/mol. The molecule has 4 nitrogen and oxygen atoms in total. The van der Waals surface area contributed by atoms with Crippen molar-refractivity contribution in [2.24, 2.45) is 0 Å². The lowest BCUT2D eigenvalue weighted by atomic mass is 10.1. The minimum atomic E-state index is -0.861. The Morgan fingerprint density at radius 3 is 2.56 bits per heavy atom. The van der Waals surface area contributed by atoms with Gasteiger partial charge in [0.15, 0.2) is 0 Å². The lowest BCUT2D eigenvalue weighted by Crippen LogP contribution is -2.45. The number of carboxylic acids is 1. The van der Waals surface area contributed by atoms with E-state index in [1.165, 1.54) is 0 Å². The first-order valence-electron chi connectivity index (χ1n) is 6.25. The Kier molecular flexibility index (Phi) is 3.99. The van der Waals surface area contributed by atoms with Crippen LogP contribution in [0.2, 0.25) is 0 Å². The van der Waals surface area contributed by atoms with Crippen molar-refractivity contribution in [2.75, 3.05) is 13.1 Å². The molecule has 18 heavy (non-hydrogen) atoms. The van der Waals surface area contributed by atoms with Crippen LogP contribution in [0.3, 0.4) is 0 Å². The second-order valence-electron chi connectivity index (χ2n) is 4.91. The number of carboxylic acid groups (broad SMARTS) is 1. The highest BCUT2D eigenvalue weighted by atomic mass is 16.5. The van der Waals surface area contributed by atoms with E-state index in [-0.39, 0.29) is 12.2 Å².